The Morgan fingerprint density at radius 1 is 1.30 bits per heavy atom. The fraction of sp³-hybridized carbons (Fsp3) is 0.500. The zero-order valence-corrected chi connectivity index (χ0v) is 14.1. The molecule has 0 heterocycles. The first-order valence-electron chi connectivity index (χ1n) is 8.20. The molecule has 0 aliphatic heterocycles. The summed E-state index contributed by atoms with van der Waals surface area (Å²) in [6.07, 6.45) is 5.14. The molecule has 1 fully saturated rings. The van der Waals surface area contributed by atoms with Gasteiger partial charge in [-0.25, -0.2) is 0 Å². The fourth-order valence-corrected chi connectivity index (χ4v) is 4.74. The van der Waals surface area contributed by atoms with Crippen molar-refractivity contribution in [3.05, 3.63) is 47.6 Å². The second-order valence-corrected chi connectivity index (χ2v) is 7.43. The highest BCUT2D eigenvalue weighted by Crippen LogP contribution is 2.53. The lowest BCUT2D eigenvalue weighted by Gasteiger charge is -2.42. The highest BCUT2D eigenvalue weighted by atomic mass is 16.3. The van der Waals surface area contributed by atoms with E-state index in [0.29, 0.717) is 11.1 Å². The van der Waals surface area contributed by atoms with Crippen LogP contribution in [-0.2, 0) is 9.59 Å². The molecule has 0 bridgehead atoms. The smallest absolute Gasteiger partial charge is 0.194 e. The minimum absolute atomic E-state index is 0.0000231. The normalized spacial score (nSPS) is 40.1. The Morgan fingerprint density at radius 2 is 1.96 bits per heavy atom. The van der Waals surface area contributed by atoms with Crippen molar-refractivity contribution in [1.82, 2.24) is 0 Å². The van der Waals surface area contributed by atoms with Crippen molar-refractivity contribution in [3.63, 3.8) is 0 Å². The lowest BCUT2D eigenvalue weighted by molar-refractivity contribution is -0.140. The first kappa shape index (κ1) is 16.1. The van der Waals surface area contributed by atoms with Crippen LogP contribution in [0.5, 0.6) is 0 Å². The van der Waals surface area contributed by atoms with Crippen LogP contribution in [0.1, 0.15) is 33.6 Å². The van der Waals surface area contributed by atoms with Crippen LogP contribution >= 0.6 is 0 Å². The molecule has 0 radical (unpaired) electrons. The van der Waals surface area contributed by atoms with Crippen molar-refractivity contribution < 1.29 is 14.7 Å². The number of ketones is 2. The fourth-order valence-electron chi connectivity index (χ4n) is 4.74. The second-order valence-electron chi connectivity index (χ2n) is 7.43. The van der Waals surface area contributed by atoms with Gasteiger partial charge in [0.05, 0.1) is 5.92 Å². The number of aliphatic hydroxyl groups is 1. The summed E-state index contributed by atoms with van der Waals surface area (Å²) in [7, 11) is 0. The second kappa shape index (κ2) is 5.13. The Balaban J connectivity index is 2.21. The van der Waals surface area contributed by atoms with Gasteiger partial charge in [-0.3, -0.25) is 9.59 Å². The minimum atomic E-state index is -1.72. The topological polar surface area (TPSA) is 54.4 Å². The van der Waals surface area contributed by atoms with Gasteiger partial charge < -0.3 is 5.11 Å². The van der Waals surface area contributed by atoms with Gasteiger partial charge in [0, 0.05) is 0 Å². The zero-order valence-electron chi connectivity index (χ0n) is 14.1. The van der Waals surface area contributed by atoms with Gasteiger partial charge in [-0.1, -0.05) is 30.4 Å². The van der Waals surface area contributed by atoms with Crippen LogP contribution in [0.2, 0.25) is 0 Å². The molecular formula is C20H24O3. The predicted molar refractivity (Wildman–Crippen MR) is 89.6 cm³/mol. The first-order chi connectivity index (χ1) is 10.7. The largest absolute Gasteiger partial charge is 0.377 e. The third-order valence-corrected chi connectivity index (χ3v) is 5.87. The molecule has 1 saturated carbocycles. The third kappa shape index (κ3) is 2.13. The summed E-state index contributed by atoms with van der Waals surface area (Å²) >= 11 is 0. The number of Topliss-reactive ketones (excluding diaryl/α,β-unsaturated/α-hetero) is 2. The molecule has 0 aromatic heterocycles. The van der Waals surface area contributed by atoms with Gasteiger partial charge in [-0.05, 0) is 68.6 Å². The molecule has 0 aromatic carbocycles. The van der Waals surface area contributed by atoms with E-state index >= 15 is 0 Å². The maximum atomic E-state index is 12.8. The van der Waals surface area contributed by atoms with E-state index in [4.69, 9.17) is 0 Å². The maximum Gasteiger partial charge on any atom is 0.194 e. The standard InChI is InChI=1S/C20H24O3/c1-10(2)14-7-6-11(3)16-15(14)8-12(4)19(22)20(23)9-13(5)18(21)17(16)20/h8-9,14-17,23H,1,3,6-7H2,2,4-5H3/t14-,15-,16-,17-,20+/m0/s1. The highest BCUT2D eigenvalue weighted by Gasteiger charge is 2.58. The van der Waals surface area contributed by atoms with E-state index in [-0.39, 0.29) is 29.3 Å². The van der Waals surface area contributed by atoms with Gasteiger partial charge in [-0.2, -0.15) is 0 Å². The van der Waals surface area contributed by atoms with Gasteiger partial charge in [0.1, 0.15) is 0 Å². The molecule has 0 spiro atoms. The van der Waals surface area contributed by atoms with Crippen molar-refractivity contribution in [2.75, 3.05) is 0 Å². The summed E-state index contributed by atoms with van der Waals surface area (Å²) in [4.78, 5) is 25.6. The molecule has 3 nitrogen and oxygen atoms in total. The Bertz CT molecular complexity index is 694. The van der Waals surface area contributed by atoms with E-state index in [9.17, 15) is 14.7 Å². The molecule has 23 heavy (non-hydrogen) atoms. The third-order valence-electron chi connectivity index (χ3n) is 5.87. The molecule has 0 saturated heterocycles. The van der Waals surface area contributed by atoms with Gasteiger partial charge in [0.25, 0.3) is 0 Å². The van der Waals surface area contributed by atoms with Crippen LogP contribution in [0.25, 0.3) is 0 Å². The van der Waals surface area contributed by atoms with Crippen molar-refractivity contribution >= 4 is 11.6 Å². The van der Waals surface area contributed by atoms with E-state index in [1.165, 1.54) is 6.08 Å². The summed E-state index contributed by atoms with van der Waals surface area (Å²) in [6.45, 7) is 13.7. The lowest BCUT2D eigenvalue weighted by atomic mass is 9.61. The minimum Gasteiger partial charge on any atom is -0.377 e. The van der Waals surface area contributed by atoms with Gasteiger partial charge in [-0.15, -0.1) is 0 Å². The Kier molecular flexibility index (Phi) is 3.60. The highest BCUT2D eigenvalue weighted by molar-refractivity contribution is 6.13. The molecule has 3 aliphatic rings. The summed E-state index contributed by atoms with van der Waals surface area (Å²) < 4.78 is 0. The van der Waals surface area contributed by atoms with Crippen LogP contribution in [0.4, 0.5) is 0 Å². The predicted octanol–water partition coefficient (Wildman–Crippen LogP) is 3.17. The van der Waals surface area contributed by atoms with E-state index < -0.39 is 11.5 Å². The molecule has 3 rings (SSSR count). The van der Waals surface area contributed by atoms with Gasteiger partial charge in [0.15, 0.2) is 17.2 Å². The molecule has 1 N–H and O–H groups in total. The Labute approximate surface area is 137 Å². The van der Waals surface area contributed by atoms with Crippen molar-refractivity contribution in [2.45, 2.75) is 39.2 Å². The first-order valence-corrected chi connectivity index (χ1v) is 8.20. The molecule has 3 aliphatic carbocycles. The molecule has 3 heteroatoms. The molecule has 0 unspecified atom stereocenters. The number of hydrogen-bond acceptors (Lipinski definition) is 3. The molecule has 5 atom stereocenters. The number of carbonyl (C=O) groups excluding carboxylic acids is 2. The summed E-state index contributed by atoms with van der Waals surface area (Å²) in [5.41, 5.74) is 1.31. The quantitative estimate of drug-likeness (QED) is 0.757. The average molecular weight is 312 g/mol. The average Bonchev–Trinajstić information content (AvgIpc) is 2.65. The molecule has 0 aromatic rings. The molecule has 122 valence electrons. The van der Waals surface area contributed by atoms with Crippen molar-refractivity contribution in [1.29, 1.82) is 0 Å². The monoisotopic (exact) mass is 312 g/mol. The van der Waals surface area contributed by atoms with E-state index in [1.807, 2.05) is 13.0 Å². The van der Waals surface area contributed by atoms with Crippen LogP contribution in [0.3, 0.4) is 0 Å². The van der Waals surface area contributed by atoms with Crippen LogP contribution in [-0.4, -0.2) is 22.3 Å². The van der Waals surface area contributed by atoms with Gasteiger partial charge in [0.2, 0.25) is 0 Å². The molecule has 0 amide bonds. The Morgan fingerprint density at radius 3 is 2.57 bits per heavy atom. The maximum absolute atomic E-state index is 12.8. The number of rotatable bonds is 1. The number of allylic oxidation sites excluding steroid dienone is 4. The van der Waals surface area contributed by atoms with Crippen LogP contribution < -0.4 is 0 Å². The van der Waals surface area contributed by atoms with Crippen molar-refractivity contribution in [2.24, 2.45) is 23.7 Å². The Hall–Kier alpha value is -1.74. The van der Waals surface area contributed by atoms with E-state index in [2.05, 4.69) is 13.2 Å². The summed E-state index contributed by atoms with van der Waals surface area (Å²) in [5, 5.41) is 11.1. The van der Waals surface area contributed by atoms with Crippen LogP contribution in [0.15, 0.2) is 47.6 Å². The van der Waals surface area contributed by atoms with E-state index in [0.717, 1.165) is 24.0 Å². The molecular weight excluding hydrogens is 288 g/mol. The number of hydrogen-bond donors (Lipinski definition) is 1. The summed E-state index contributed by atoms with van der Waals surface area (Å²) in [5.74, 6) is -1.22. The van der Waals surface area contributed by atoms with Crippen molar-refractivity contribution in [3.8, 4) is 0 Å². The zero-order chi connectivity index (χ0) is 17.1. The summed E-state index contributed by atoms with van der Waals surface area (Å²) in [6, 6.07) is 0. The van der Waals surface area contributed by atoms with Gasteiger partial charge >= 0.3 is 0 Å². The lowest BCUT2D eigenvalue weighted by Crippen LogP contribution is -2.49. The van der Waals surface area contributed by atoms with E-state index in [1.54, 1.807) is 13.8 Å². The van der Waals surface area contributed by atoms with Crippen LogP contribution in [0, 0.1) is 23.7 Å². The number of fused-ring (bicyclic) bond motifs is 3. The SMILES string of the molecule is C=C1CC[C@@H](C(=C)C)[C@@H]2C=C(C)C(=O)[C@@]3(O)C=C(C)C(=O)[C@@H]3[C@@H]12. The number of carbonyl (C=O) groups is 2.